The zero-order valence-corrected chi connectivity index (χ0v) is 9.39. The van der Waals surface area contributed by atoms with Crippen molar-refractivity contribution < 1.29 is 13.5 Å². The van der Waals surface area contributed by atoms with Crippen LogP contribution in [0.2, 0.25) is 10.0 Å². The lowest BCUT2D eigenvalue weighted by Crippen LogP contribution is -2.02. The Morgan fingerprint density at radius 1 is 1.29 bits per heavy atom. The van der Waals surface area contributed by atoms with Gasteiger partial charge in [-0.15, -0.1) is 11.8 Å². The summed E-state index contributed by atoms with van der Waals surface area (Å²) in [6.07, 6.45) is 1.78. The zero-order chi connectivity index (χ0) is 10.7. The molecule has 0 amide bonds. The van der Waals surface area contributed by atoms with Crippen LogP contribution in [0.15, 0.2) is 17.0 Å². The van der Waals surface area contributed by atoms with Crippen molar-refractivity contribution in [1.29, 1.82) is 0 Å². The molecule has 0 atom stereocenters. The first-order chi connectivity index (χ1) is 6.54. The van der Waals surface area contributed by atoms with Gasteiger partial charge in [0, 0.05) is 4.90 Å². The van der Waals surface area contributed by atoms with Crippen molar-refractivity contribution in [3.8, 4) is 5.75 Å². The van der Waals surface area contributed by atoms with Gasteiger partial charge in [0.15, 0.2) is 0 Å². The van der Waals surface area contributed by atoms with Crippen LogP contribution < -0.4 is 4.74 Å². The van der Waals surface area contributed by atoms with Crippen LogP contribution in [-0.2, 0) is 0 Å². The van der Waals surface area contributed by atoms with Crippen molar-refractivity contribution in [2.75, 3.05) is 6.26 Å². The molecule has 1 nitrogen and oxygen atoms in total. The Labute approximate surface area is 94.3 Å². The van der Waals surface area contributed by atoms with Crippen LogP contribution >= 0.6 is 35.0 Å². The molecule has 1 rings (SSSR count). The third-order valence-corrected chi connectivity index (χ3v) is 2.92. The molecule has 0 bridgehead atoms. The van der Waals surface area contributed by atoms with Crippen LogP contribution in [-0.4, -0.2) is 12.9 Å². The molecule has 0 saturated heterocycles. The second-order valence-electron chi connectivity index (χ2n) is 2.30. The summed E-state index contributed by atoms with van der Waals surface area (Å²) >= 11 is 12.8. The molecule has 0 aliphatic rings. The van der Waals surface area contributed by atoms with Crippen molar-refractivity contribution in [1.82, 2.24) is 0 Å². The van der Waals surface area contributed by atoms with Gasteiger partial charge in [-0.05, 0) is 18.4 Å². The molecule has 0 saturated carbocycles. The summed E-state index contributed by atoms with van der Waals surface area (Å²) in [6.45, 7) is -2.89. The van der Waals surface area contributed by atoms with Crippen LogP contribution in [0.25, 0.3) is 0 Å². The van der Waals surface area contributed by atoms with E-state index in [2.05, 4.69) is 4.74 Å². The summed E-state index contributed by atoms with van der Waals surface area (Å²) in [5.74, 6) is -0.0598. The molecule has 0 heterocycles. The van der Waals surface area contributed by atoms with E-state index in [1.807, 2.05) is 0 Å². The van der Waals surface area contributed by atoms with Gasteiger partial charge < -0.3 is 4.74 Å². The summed E-state index contributed by atoms with van der Waals surface area (Å²) in [5.41, 5.74) is 0. The smallest absolute Gasteiger partial charge is 0.387 e. The van der Waals surface area contributed by atoms with E-state index in [0.29, 0.717) is 9.92 Å². The average molecular weight is 259 g/mol. The molecule has 6 heteroatoms. The van der Waals surface area contributed by atoms with E-state index in [0.717, 1.165) is 0 Å². The quantitative estimate of drug-likeness (QED) is 0.747. The van der Waals surface area contributed by atoms with Gasteiger partial charge in [-0.3, -0.25) is 0 Å². The van der Waals surface area contributed by atoms with Gasteiger partial charge in [0.2, 0.25) is 0 Å². The minimum atomic E-state index is -2.89. The third kappa shape index (κ3) is 2.90. The number of halogens is 4. The van der Waals surface area contributed by atoms with Gasteiger partial charge in [0.05, 0.1) is 10.0 Å². The van der Waals surface area contributed by atoms with Crippen LogP contribution in [0.5, 0.6) is 5.75 Å². The van der Waals surface area contributed by atoms with E-state index >= 15 is 0 Å². The van der Waals surface area contributed by atoms with Crippen molar-refractivity contribution in [2.45, 2.75) is 11.5 Å². The lowest BCUT2D eigenvalue weighted by molar-refractivity contribution is -0.0499. The second-order valence-corrected chi connectivity index (χ2v) is 3.96. The molecule has 14 heavy (non-hydrogen) atoms. The summed E-state index contributed by atoms with van der Waals surface area (Å²) in [6, 6.07) is 2.77. The number of benzene rings is 1. The highest BCUT2D eigenvalue weighted by Gasteiger charge is 2.11. The molecule has 0 aliphatic heterocycles. The topological polar surface area (TPSA) is 9.23 Å². The molecule has 0 aliphatic carbocycles. The minimum absolute atomic E-state index is 0.0598. The molecular formula is C8H6Cl2F2OS. The van der Waals surface area contributed by atoms with Gasteiger partial charge in [0.1, 0.15) is 5.75 Å². The van der Waals surface area contributed by atoms with E-state index in [-0.39, 0.29) is 10.8 Å². The standard InChI is InChI=1S/C8H6Cl2F2OS/c1-14-7-3-6(13-8(11)12)4(9)2-5(7)10/h2-3,8H,1H3. The third-order valence-electron chi connectivity index (χ3n) is 1.42. The summed E-state index contributed by atoms with van der Waals surface area (Å²) in [5, 5.41) is 0.497. The highest BCUT2D eigenvalue weighted by atomic mass is 35.5. The van der Waals surface area contributed by atoms with Crippen LogP contribution in [0, 0.1) is 0 Å². The van der Waals surface area contributed by atoms with Crippen molar-refractivity contribution in [2.24, 2.45) is 0 Å². The van der Waals surface area contributed by atoms with Crippen LogP contribution in [0.1, 0.15) is 0 Å². The highest BCUT2D eigenvalue weighted by Crippen LogP contribution is 2.36. The van der Waals surface area contributed by atoms with E-state index in [1.165, 1.54) is 23.9 Å². The lowest BCUT2D eigenvalue weighted by Gasteiger charge is -2.09. The maximum Gasteiger partial charge on any atom is 0.387 e. The normalized spacial score (nSPS) is 10.7. The molecule has 0 unspecified atom stereocenters. The van der Waals surface area contributed by atoms with Crippen molar-refractivity contribution in [3.63, 3.8) is 0 Å². The Morgan fingerprint density at radius 2 is 1.93 bits per heavy atom. The Hall–Kier alpha value is -0.190. The Bertz CT molecular complexity index is 333. The van der Waals surface area contributed by atoms with E-state index in [9.17, 15) is 8.78 Å². The molecule has 0 N–H and O–H groups in total. The van der Waals surface area contributed by atoms with Gasteiger partial charge in [-0.2, -0.15) is 8.78 Å². The van der Waals surface area contributed by atoms with Crippen molar-refractivity contribution in [3.05, 3.63) is 22.2 Å². The minimum Gasteiger partial charge on any atom is -0.433 e. The average Bonchev–Trinajstić information content (AvgIpc) is 2.09. The summed E-state index contributed by atoms with van der Waals surface area (Å²) in [4.78, 5) is 0.645. The van der Waals surface area contributed by atoms with Crippen LogP contribution in [0.4, 0.5) is 8.78 Å². The number of thioether (sulfide) groups is 1. The predicted molar refractivity (Wildman–Crippen MR) is 54.9 cm³/mol. The fraction of sp³-hybridized carbons (Fsp3) is 0.250. The van der Waals surface area contributed by atoms with E-state index < -0.39 is 6.61 Å². The number of hydrogen-bond acceptors (Lipinski definition) is 2. The first kappa shape index (κ1) is 11.9. The monoisotopic (exact) mass is 258 g/mol. The molecule has 0 spiro atoms. The second kappa shape index (κ2) is 5.05. The molecular weight excluding hydrogens is 253 g/mol. The summed E-state index contributed by atoms with van der Waals surface area (Å²) in [7, 11) is 0. The number of rotatable bonds is 3. The molecule has 1 aromatic carbocycles. The molecule has 0 aromatic heterocycles. The van der Waals surface area contributed by atoms with Crippen molar-refractivity contribution >= 4 is 35.0 Å². The SMILES string of the molecule is CSc1cc(OC(F)F)c(Cl)cc1Cl. The fourth-order valence-electron chi connectivity index (χ4n) is 0.853. The number of hydrogen-bond donors (Lipinski definition) is 0. The predicted octanol–water partition coefficient (Wildman–Crippen LogP) is 4.32. The maximum absolute atomic E-state index is 11.9. The van der Waals surface area contributed by atoms with E-state index in [4.69, 9.17) is 23.2 Å². The molecule has 78 valence electrons. The zero-order valence-electron chi connectivity index (χ0n) is 7.06. The molecule has 0 radical (unpaired) electrons. The van der Waals surface area contributed by atoms with Gasteiger partial charge >= 0.3 is 6.61 Å². The largest absolute Gasteiger partial charge is 0.433 e. The highest BCUT2D eigenvalue weighted by molar-refractivity contribution is 7.98. The van der Waals surface area contributed by atoms with Gasteiger partial charge in [-0.25, -0.2) is 0 Å². The Kier molecular flexibility index (Phi) is 4.29. The Balaban J connectivity index is 3.04. The maximum atomic E-state index is 11.9. The first-order valence-electron chi connectivity index (χ1n) is 3.52. The Morgan fingerprint density at radius 3 is 2.43 bits per heavy atom. The summed E-state index contributed by atoms with van der Waals surface area (Å²) < 4.78 is 28.0. The molecule has 0 fully saturated rings. The van der Waals surface area contributed by atoms with E-state index in [1.54, 1.807) is 6.26 Å². The number of alkyl halides is 2. The first-order valence-corrected chi connectivity index (χ1v) is 5.50. The lowest BCUT2D eigenvalue weighted by atomic mass is 10.3. The fourth-order valence-corrected chi connectivity index (χ4v) is 1.99. The van der Waals surface area contributed by atoms with Gasteiger partial charge in [-0.1, -0.05) is 23.2 Å². The molecule has 1 aromatic rings. The number of ether oxygens (including phenoxy) is 1. The van der Waals surface area contributed by atoms with Crippen LogP contribution in [0.3, 0.4) is 0 Å². The van der Waals surface area contributed by atoms with Gasteiger partial charge in [0.25, 0.3) is 0 Å².